The largest absolute Gasteiger partial charge is 0.397 e. The maximum atomic E-state index is 13.4. The molecule has 1 unspecified atom stereocenters. The quantitative estimate of drug-likeness (QED) is 0.389. The maximum absolute atomic E-state index is 13.4. The number of carbonyl (C=O) groups excluding carboxylic acids is 2. The molecule has 5 nitrogen and oxygen atoms in total. The molecule has 6 heteroatoms. The Bertz CT molecular complexity index is 975. The van der Waals surface area contributed by atoms with Gasteiger partial charge in [0.05, 0.1) is 5.69 Å². The molecule has 0 aliphatic carbocycles. The van der Waals surface area contributed by atoms with Crippen molar-refractivity contribution in [2.75, 3.05) is 12.8 Å². The number of piperidine rings is 2. The van der Waals surface area contributed by atoms with Crippen molar-refractivity contribution >= 4 is 50.9 Å². The van der Waals surface area contributed by atoms with Crippen LogP contribution in [0.2, 0.25) is 0 Å². The van der Waals surface area contributed by atoms with Crippen molar-refractivity contribution in [3.63, 3.8) is 0 Å². The predicted octanol–water partition coefficient (Wildman–Crippen LogP) is 3.64. The van der Waals surface area contributed by atoms with E-state index in [2.05, 4.69) is 34.5 Å². The lowest BCUT2D eigenvalue weighted by Gasteiger charge is -2.49. The van der Waals surface area contributed by atoms with E-state index in [0.29, 0.717) is 28.9 Å². The Morgan fingerprint density at radius 3 is 2.41 bits per heavy atom. The minimum atomic E-state index is -0.161. The average Bonchev–Trinajstić information content (AvgIpc) is 2.64. The van der Waals surface area contributed by atoms with Crippen LogP contribution in [-0.4, -0.2) is 46.8 Å². The molecule has 2 aromatic rings. The van der Waals surface area contributed by atoms with Gasteiger partial charge in [0.25, 0.3) is 11.8 Å². The van der Waals surface area contributed by atoms with Gasteiger partial charge >= 0.3 is 0 Å². The van der Waals surface area contributed by atoms with Gasteiger partial charge in [-0.15, -0.1) is 0 Å². The molecule has 2 amide bonds. The molecule has 3 atom stereocenters. The molecular weight excluding hydrogens is 453 g/mol. The summed E-state index contributed by atoms with van der Waals surface area (Å²) in [6, 6.07) is 8.35. The number of amides is 2. The number of hydrogen-bond acceptors (Lipinski definition) is 4. The van der Waals surface area contributed by atoms with Gasteiger partial charge in [0, 0.05) is 43.6 Å². The van der Waals surface area contributed by atoms with Gasteiger partial charge in [0.1, 0.15) is 0 Å². The number of halogens is 1. The van der Waals surface area contributed by atoms with Crippen LogP contribution in [0, 0.1) is 3.57 Å². The van der Waals surface area contributed by atoms with Crippen molar-refractivity contribution in [1.82, 2.24) is 9.80 Å². The Morgan fingerprint density at radius 2 is 1.70 bits per heavy atom. The second-order valence-corrected chi connectivity index (χ2v) is 9.22. The van der Waals surface area contributed by atoms with Gasteiger partial charge in [-0.05, 0) is 67.5 Å². The lowest BCUT2D eigenvalue weighted by atomic mass is 9.80. The summed E-state index contributed by atoms with van der Waals surface area (Å²) in [5, 5.41) is 1.52. The molecule has 5 rings (SSSR count). The highest BCUT2D eigenvalue weighted by molar-refractivity contribution is 14.1. The highest BCUT2D eigenvalue weighted by Gasteiger charge is 2.44. The Kier molecular flexibility index (Phi) is 3.98. The minimum Gasteiger partial charge on any atom is -0.397 e. The number of nitrogens with two attached hydrogens (primary N) is 1. The number of nitrogen functional groups attached to an aromatic ring is 1. The maximum Gasteiger partial charge on any atom is 0.261 e. The molecule has 0 saturated carbocycles. The summed E-state index contributed by atoms with van der Waals surface area (Å²) < 4.78 is 0.857. The fourth-order valence-electron chi connectivity index (χ4n) is 5.30. The van der Waals surface area contributed by atoms with Gasteiger partial charge < -0.3 is 10.6 Å². The monoisotopic (exact) mass is 475 g/mol. The molecule has 2 bridgehead atoms. The van der Waals surface area contributed by atoms with E-state index in [4.69, 9.17) is 5.73 Å². The first kappa shape index (κ1) is 17.4. The van der Waals surface area contributed by atoms with E-state index < -0.39 is 0 Å². The van der Waals surface area contributed by atoms with E-state index in [1.807, 2.05) is 24.3 Å². The molecular formula is C21H22IN3O2. The zero-order valence-electron chi connectivity index (χ0n) is 15.2. The van der Waals surface area contributed by atoms with Crippen LogP contribution in [-0.2, 0) is 0 Å². The molecule has 2 saturated heterocycles. The highest BCUT2D eigenvalue weighted by atomic mass is 127. The lowest BCUT2D eigenvalue weighted by molar-refractivity contribution is 0.0108. The topological polar surface area (TPSA) is 66.6 Å². The molecule has 0 aromatic heterocycles. The van der Waals surface area contributed by atoms with Crippen LogP contribution in [0.3, 0.4) is 0 Å². The summed E-state index contributed by atoms with van der Waals surface area (Å²) in [6.45, 7) is 0. The Balaban J connectivity index is 1.62. The average molecular weight is 475 g/mol. The number of anilines is 1. The number of rotatable bonds is 1. The summed E-state index contributed by atoms with van der Waals surface area (Å²) in [5.74, 6) is -0.319. The Morgan fingerprint density at radius 1 is 1.04 bits per heavy atom. The van der Waals surface area contributed by atoms with Gasteiger partial charge in [0.15, 0.2) is 0 Å². The summed E-state index contributed by atoms with van der Waals surface area (Å²) >= 11 is 2.17. The molecule has 2 aromatic carbocycles. The first-order valence-electron chi connectivity index (χ1n) is 9.58. The van der Waals surface area contributed by atoms with Gasteiger partial charge in [-0.2, -0.15) is 0 Å². The van der Waals surface area contributed by atoms with Crippen LogP contribution in [0.25, 0.3) is 10.8 Å². The normalized spacial score (nSPS) is 28.1. The molecule has 0 radical (unpaired) electrons. The zero-order valence-corrected chi connectivity index (χ0v) is 17.4. The van der Waals surface area contributed by atoms with Crippen LogP contribution >= 0.6 is 22.6 Å². The number of imide groups is 1. The van der Waals surface area contributed by atoms with Crippen molar-refractivity contribution in [3.8, 4) is 0 Å². The first-order valence-corrected chi connectivity index (χ1v) is 10.7. The Labute approximate surface area is 172 Å². The van der Waals surface area contributed by atoms with Crippen LogP contribution in [0.15, 0.2) is 24.3 Å². The van der Waals surface area contributed by atoms with Crippen LogP contribution < -0.4 is 5.73 Å². The van der Waals surface area contributed by atoms with E-state index in [-0.39, 0.29) is 17.9 Å². The molecule has 3 aliphatic rings. The van der Waals surface area contributed by atoms with Gasteiger partial charge in [-0.3, -0.25) is 14.5 Å². The second kappa shape index (κ2) is 6.17. The summed E-state index contributed by atoms with van der Waals surface area (Å²) in [7, 11) is 2.19. The number of hydrogen-bond donors (Lipinski definition) is 1. The van der Waals surface area contributed by atoms with Crippen molar-refractivity contribution in [2.24, 2.45) is 0 Å². The van der Waals surface area contributed by atoms with E-state index in [0.717, 1.165) is 40.0 Å². The van der Waals surface area contributed by atoms with E-state index in [9.17, 15) is 9.59 Å². The Hall–Kier alpha value is -1.67. The van der Waals surface area contributed by atoms with Gasteiger partial charge in [-0.1, -0.05) is 18.6 Å². The summed E-state index contributed by atoms with van der Waals surface area (Å²) in [5.41, 5.74) is 8.09. The van der Waals surface area contributed by atoms with Crippen LogP contribution in [0.5, 0.6) is 0 Å². The molecule has 3 aliphatic heterocycles. The third kappa shape index (κ3) is 2.45. The molecule has 3 heterocycles. The standard InChI is InChI=1S/C21H22IN3O2/c1-24-11-4-2-5-12(24)9-13(8-11)25-20(26)15-7-3-6-14-18(15)16(21(25)27)10-17(22)19(14)23/h3,6-7,10-13H,2,4-5,8-9,23H2,1H3/t11-,12+,13?. The van der Waals surface area contributed by atoms with E-state index in [1.165, 1.54) is 6.42 Å². The minimum absolute atomic E-state index is 0.0184. The first-order chi connectivity index (χ1) is 13.0. The fourth-order valence-corrected chi connectivity index (χ4v) is 5.90. The SMILES string of the molecule is CN1[C@@H]2CCC[C@H]1CC(N1C(=O)c3cccc4c(N)c(I)cc(c34)C1=O)C2. The number of fused-ring (bicyclic) bond motifs is 2. The number of nitrogens with zero attached hydrogens (tertiary/aromatic N) is 2. The smallest absolute Gasteiger partial charge is 0.261 e. The molecule has 0 spiro atoms. The molecule has 2 N–H and O–H groups in total. The van der Waals surface area contributed by atoms with Crippen LogP contribution in [0.1, 0.15) is 52.8 Å². The third-order valence-electron chi connectivity index (χ3n) is 6.73. The lowest BCUT2D eigenvalue weighted by Crippen LogP contribution is -2.58. The van der Waals surface area contributed by atoms with Crippen molar-refractivity contribution in [1.29, 1.82) is 0 Å². The van der Waals surface area contributed by atoms with E-state index in [1.54, 1.807) is 4.90 Å². The number of benzene rings is 2. The number of carbonyl (C=O) groups is 2. The van der Waals surface area contributed by atoms with Crippen molar-refractivity contribution in [2.45, 2.75) is 50.2 Å². The summed E-state index contributed by atoms with van der Waals surface area (Å²) in [6.07, 6.45) is 5.30. The highest BCUT2D eigenvalue weighted by Crippen LogP contribution is 2.40. The third-order valence-corrected chi connectivity index (χ3v) is 7.62. The van der Waals surface area contributed by atoms with Crippen molar-refractivity contribution < 1.29 is 9.59 Å². The zero-order chi connectivity index (χ0) is 18.9. The fraction of sp³-hybridized carbons (Fsp3) is 0.429. The predicted molar refractivity (Wildman–Crippen MR) is 114 cm³/mol. The molecule has 2 fully saturated rings. The molecule has 140 valence electrons. The van der Waals surface area contributed by atoms with Crippen LogP contribution in [0.4, 0.5) is 5.69 Å². The van der Waals surface area contributed by atoms with Crippen molar-refractivity contribution in [3.05, 3.63) is 39.0 Å². The van der Waals surface area contributed by atoms with Gasteiger partial charge in [0.2, 0.25) is 0 Å². The van der Waals surface area contributed by atoms with E-state index >= 15 is 0 Å². The molecule has 27 heavy (non-hydrogen) atoms. The summed E-state index contributed by atoms with van der Waals surface area (Å²) in [4.78, 5) is 30.8. The second-order valence-electron chi connectivity index (χ2n) is 8.06. The van der Waals surface area contributed by atoms with Gasteiger partial charge in [-0.25, -0.2) is 0 Å².